The van der Waals surface area contributed by atoms with Crippen LogP contribution >= 0.6 is 15.9 Å². The Balaban J connectivity index is 2.58. The largest absolute Gasteiger partial charge is 0.496 e. The molecule has 0 saturated carbocycles. The summed E-state index contributed by atoms with van der Waals surface area (Å²) in [5.74, 6) is 0.215. The lowest BCUT2D eigenvalue weighted by molar-refractivity contribution is 0.112. The van der Waals surface area contributed by atoms with Crippen molar-refractivity contribution in [2.24, 2.45) is 0 Å². The number of carbonyl (C=O) groups is 1. The molecule has 2 rings (SSSR count). The van der Waals surface area contributed by atoms with Crippen LogP contribution < -0.4 is 4.74 Å². The van der Waals surface area contributed by atoms with Crippen molar-refractivity contribution < 1.29 is 13.9 Å². The van der Waals surface area contributed by atoms with Crippen LogP contribution in [0, 0.1) is 5.82 Å². The van der Waals surface area contributed by atoms with Gasteiger partial charge in [-0.1, -0.05) is 24.3 Å². The first-order valence-electron chi connectivity index (χ1n) is 5.25. The second-order valence-corrected chi connectivity index (χ2v) is 4.47. The van der Waals surface area contributed by atoms with Gasteiger partial charge in [0.2, 0.25) is 0 Å². The van der Waals surface area contributed by atoms with Gasteiger partial charge in [0.05, 0.1) is 11.6 Å². The summed E-state index contributed by atoms with van der Waals surface area (Å²) in [5.41, 5.74) is 1.66. The van der Waals surface area contributed by atoms with Crippen LogP contribution in [0.4, 0.5) is 4.39 Å². The monoisotopic (exact) mass is 308 g/mol. The Morgan fingerprint density at radius 3 is 2.39 bits per heavy atom. The molecule has 0 fully saturated rings. The van der Waals surface area contributed by atoms with E-state index in [-0.39, 0.29) is 5.82 Å². The molecule has 0 N–H and O–H groups in total. The number of ether oxygens (including phenoxy) is 1. The highest BCUT2D eigenvalue weighted by Crippen LogP contribution is 2.37. The third kappa shape index (κ3) is 2.29. The molecule has 0 aliphatic rings. The van der Waals surface area contributed by atoms with Crippen LogP contribution in [-0.4, -0.2) is 13.4 Å². The van der Waals surface area contributed by atoms with Gasteiger partial charge in [-0.05, 0) is 33.6 Å². The number of carbonyl (C=O) groups excluding carboxylic acids is 1. The summed E-state index contributed by atoms with van der Waals surface area (Å²) in [5, 5.41) is 0. The Morgan fingerprint density at radius 1 is 1.17 bits per heavy atom. The maximum atomic E-state index is 13.9. The van der Waals surface area contributed by atoms with E-state index >= 15 is 0 Å². The maximum Gasteiger partial charge on any atom is 0.150 e. The fourth-order valence-electron chi connectivity index (χ4n) is 1.68. The molecule has 2 aromatic rings. The van der Waals surface area contributed by atoms with Crippen LogP contribution in [0.3, 0.4) is 0 Å². The van der Waals surface area contributed by atoms with Crippen molar-refractivity contribution in [1.82, 2.24) is 0 Å². The fraction of sp³-hybridized carbons (Fsp3) is 0.0714. The van der Waals surface area contributed by atoms with Gasteiger partial charge in [-0.25, -0.2) is 4.39 Å². The van der Waals surface area contributed by atoms with Crippen LogP contribution in [-0.2, 0) is 0 Å². The van der Waals surface area contributed by atoms with E-state index in [1.54, 1.807) is 30.3 Å². The predicted molar refractivity (Wildman–Crippen MR) is 71.5 cm³/mol. The van der Waals surface area contributed by atoms with Gasteiger partial charge in [-0.3, -0.25) is 4.79 Å². The number of aldehydes is 1. The summed E-state index contributed by atoms with van der Waals surface area (Å²) >= 11 is 3.33. The second-order valence-electron chi connectivity index (χ2n) is 3.68. The molecule has 0 aliphatic carbocycles. The minimum Gasteiger partial charge on any atom is -0.496 e. The van der Waals surface area contributed by atoms with Crippen LogP contribution in [0.1, 0.15) is 10.4 Å². The number of halogens is 2. The molecule has 0 atom stereocenters. The molecule has 2 nitrogen and oxygen atoms in total. The predicted octanol–water partition coefficient (Wildman–Crippen LogP) is 4.08. The highest BCUT2D eigenvalue weighted by molar-refractivity contribution is 9.10. The molecule has 0 heterocycles. The Kier molecular flexibility index (Phi) is 3.77. The van der Waals surface area contributed by atoms with Crippen molar-refractivity contribution in [3.8, 4) is 16.9 Å². The third-order valence-electron chi connectivity index (χ3n) is 2.61. The smallest absolute Gasteiger partial charge is 0.150 e. The lowest BCUT2D eigenvalue weighted by Crippen LogP contribution is -1.91. The summed E-state index contributed by atoms with van der Waals surface area (Å²) < 4.78 is 19.6. The van der Waals surface area contributed by atoms with Gasteiger partial charge in [0, 0.05) is 11.1 Å². The van der Waals surface area contributed by atoms with E-state index in [0.29, 0.717) is 26.9 Å². The van der Waals surface area contributed by atoms with E-state index in [2.05, 4.69) is 15.9 Å². The first-order valence-corrected chi connectivity index (χ1v) is 6.04. The zero-order chi connectivity index (χ0) is 13.1. The molecule has 4 heteroatoms. The fourth-order valence-corrected chi connectivity index (χ4v) is 2.40. The Bertz CT molecular complexity index is 579. The Morgan fingerprint density at radius 2 is 1.83 bits per heavy atom. The summed E-state index contributed by atoms with van der Waals surface area (Å²) in [4.78, 5) is 10.6. The summed E-state index contributed by atoms with van der Waals surface area (Å²) in [7, 11) is 1.53. The van der Waals surface area contributed by atoms with Gasteiger partial charge in [-0.2, -0.15) is 0 Å². The first-order chi connectivity index (χ1) is 8.67. The maximum absolute atomic E-state index is 13.9. The summed E-state index contributed by atoms with van der Waals surface area (Å²) in [6.07, 6.45) is 0.751. The highest BCUT2D eigenvalue weighted by Gasteiger charge is 2.13. The van der Waals surface area contributed by atoms with E-state index in [4.69, 9.17) is 4.74 Å². The Labute approximate surface area is 113 Å². The van der Waals surface area contributed by atoms with E-state index in [1.165, 1.54) is 13.2 Å². The number of hydrogen-bond donors (Lipinski definition) is 0. The van der Waals surface area contributed by atoms with E-state index in [1.807, 2.05) is 0 Å². The second kappa shape index (κ2) is 5.31. The quantitative estimate of drug-likeness (QED) is 0.799. The van der Waals surface area contributed by atoms with Crippen LogP contribution in [0.15, 0.2) is 40.9 Å². The number of rotatable bonds is 3. The molecular formula is C14H10BrFO2. The van der Waals surface area contributed by atoms with Crippen molar-refractivity contribution >= 4 is 22.2 Å². The van der Waals surface area contributed by atoms with Crippen molar-refractivity contribution in [3.05, 3.63) is 52.3 Å². The van der Waals surface area contributed by atoms with Crippen molar-refractivity contribution in [1.29, 1.82) is 0 Å². The topological polar surface area (TPSA) is 26.3 Å². The zero-order valence-corrected chi connectivity index (χ0v) is 11.2. The molecule has 0 amide bonds. The molecule has 0 unspecified atom stereocenters. The lowest BCUT2D eigenvalue weighted by atomic mass is 10.0. The standard InChI is InChI=1S/C14H10BrFO2/c1-18-12-7-6-11(16)13(14(12)15)10-4-2-9(8-17)3-5-10/h2-8H,1H3. The molecule has 18 heavy (non-hydrogen) atoms. The number of hydrogen-bond acceptors (Lipinski definition) is 2. The van der Waals surface area contributed by atoms with Gasteiger partial charge in [0.15, 0.2) is 0 Å². The van der Waals surface area contributed by atoms with Crippen LogP contribution in [0.2, 0.25) is 0 Å². The van der Waals surface area contributed by atoms with Gasteiger partial charge in [0.1, 0.15) is 17.9 Å². The normalized spacial score (nSPS) is 10.2. The molecular weight excluding hydrogens is 299 g/mol. The molecule has 0 spiro atoms. The number of benzene rings is 2. The highest BCUT2D eigenvalue weighted by atomic mass is 79.9. The van der Waals surface area contributed by atoms with Crippen molar-refractivity contribution in [2.75, 3.05) is 7.11 Å². The SMILES string of the molecule is COc1ccc(F)c(-c2ccc(C=O)cc2)c1Br. The van der Waals surface area contributed by atoms with Gasteiger partial charge < -0.3 is 4.74 Å². The van der Waals surface area contributed by atoms with E-state index in [0.717, 1.165) is 6.29 Å². The molecule has 0 radical (unpaired) electrons. The van der Waals surface area contributed by atoms with Gasteiger partial charge in [-0.15, -0.1) is 0 Å². The average molecular weight is 309 g/mol. The molecule has 92 valence electrons. The van der Waals surface area contributed by atoms with Gasteiger partial charge >= 0.3 is 0 Å². The first kappa shape index (κ1) is 12.8. The molecule has 0 aromatic heterocycles. The van der Waals surface area contributed by atoms with Crippen LogP contribution in [0.25, 0.3) is 11.1 Å². The zero-order valence-electron chi connectivity index (χ0n) is 9.61. The van der Waals surface area contributed by atoms with E-state index in [9.17, 15) is 9.18 Å². The van der Waals surface area contributed by atoms with Crippen molar-refractivity contribution in [2.45, 2.75) is 0 Å². The Hall–Kier alpha value is -1.68. The number of methoxy groups -OCH3 is 1. The summed E-state index contributed by atoms with van der Waals surface area (Å²) in [6, 6.07) is 9.61. The molecule has 0 aliphatic heterocycles. The molecule has 2 aromatic carbocycles. The minimum atomic E-state index is -0.346. The van der Waals surface area contributed by atoms with Crippen LogP contribution in [0.5, 0.6) is 5.75 Å². The molecule has 0 saturated heterocycles. The third-order valence-corrected chi connectivity index (χ3v) is 3.40. The molecule has 0 bridgehead atoms. The van der Waals surface area contributed by atoms with Gasteiger partial charge in [0.25, 0.3) is 0 Å². The summed E-state index contributed by atoms with van der Waals surface area (Å²) in [6.45, 7) is 0. The van der Waals surface area contributed by atoms with E-state index < -0.39 is 0 Å². The van der Waals surface area contributed by atoms with Crippen molar-refractivity contribution in [3.63, 3.8) is 0 Å². The lowest BCUT2D eigenvalue weighted by Gasteiger charge is -2.10. The minimum absolute atomic E-state index is 0.346. The average Bonchev–Trinajstić information content (AvgIpc) is 2.40.